The van der Waals surface area contributed by atoms with Crippen LogP contribution in [-0.4, -0.2) is 386 Å². The number of aromatic nitrogens is 1. The van der Waals surface area contributed by atoms with E-state index in [2.05, 4.69) is 26.3 Å². The number of hydrogen-bond acceptors (Lipinski definition) is 37. The van der Waals surface area contributed by atoms with E-state index < -0.39 is 272 Å². The molecule has 0 aromatic carbocycles. The fourth-order valence-corrected chi connectivity index (χ4v) is 11.4. The van der Waals surface area contributed by atoms with Crippen LogP contribution in [0.15, 0.2) is 24.4 Å². The van der Waals surface area contributed by atoms with Crippen LogP contribution in [0.1, 0.15) is 20.8 Å². The van der Waals surface area contributed by atoms with Crippen LogP contribution < -0.4 is 21.3 Å². The molecule has 0 aliphatic carbocycles. The maximum absolute atomic E-state index is 12.9. The van der Waals surface area contributed by atoms with Gasteiger partial charge in [0.25, 0.3) is 0 Å². The van der Waals surface area contributed by atoms with Crippen molar-refractivity contribution < 1.29 is 173 Å². The van der Waals surface area contributed by atoms with Crippen LogP contribution in [0.25, 0.3) is 0 Å². The number of ether oxygens (including phenoxy) is 12. The summed E-state index contributed by atoms with van der Waals surface area (Å²) in [6.07, 6.45) is -61.2. The molecule has 24 N–H and O–H groups in total. The first-order chi connectivity index (χ1) is 44.1. The van der Waals surface area contributed by atoms with E-state index in [1.807, 2.05) is 0 Å². The third-order valence-electron chi connectivity index (χ3n) is 16.4. The zero-order valence-electron chi connectivity index (χ0n) is 50.1. The second kappa shape index (κ2) is 34.5. The van der Waals surface area contributed by atoms with Gasteiger partial charge in [-0.05, 0) is 12.1 Å². The van der Waals surface area contributed by atoms with Crippen LogP contribution in [0.2, 0.25) is 0 Å². The van der Waals surface area contributed by atoms with Crippen molar-refractivity contribution in [2.45, 2.75) is 229 Å². The summed E-state index contributed by atoms with van der Waals surface area (Å²) < 4.78 is 70.5. The summed E-state index contributed by atoms with van der Waals surface area (Å²) in [5.41, 5.74) is 0. The maximum atomic E-state index is 12.9. The van der Waals surface area contributed by atoms with Gasteiger partial charge in [-0.1, -0.05) is 6.07 Å². The van der Waals surface area contributed by atoms with Crippen molar-refractivity contribution in [1.82, 2.24) is 20.9 Å². The number of carbonyl (C=O) groups excluding carboxylic acids is 3. The van der Waals surface area contributed by atoms with Crippen molar-refractivity contribution in [2.75, 3.05) is 58.1 Å². The van der Waals surface area contributed by atoms with Crippen LogP contribution >= 0.6 is 0 Å². The predicted molar refractivity (Wildman–Crippen MR) is 294 cm³/mol. The first kappa shape index (κ1) is 76.4. The summed E-state index contributed by atoms with van der Waals surface area (Å²) in [6.45, 7) is -4.48. The summed E-state index contributed by atoms with van der Waals surface area (Å²) in [5.74, 6) is -2.19. The van der Waals surface area contributed by atoms with Gasteiger partial charge in [0.1, 0.15) is 171 Å². The van der Waals surface area contributed by atoms with E-state index in [4.69, 9.17) is 56.8 Å². The minimum atomic E-state index is -2.44. The largest absolute Gasteiger partial charge is 0.394 e. The minimum Gasteiger partial charge on any atom is -0.394 e. The average molecular weight is 1350 g/mol. The summed E-state index contributed by atoms with van der Waals surface area (Å²) in [6, 6.07) is -0.283. The highest BCUT2D eigenvalue weighted by Crippen LogP contribution is 2.38. The van der Waals surface area contributed by atoms with Crippen LogP contribution in [0, 0.1) is 0 Å². The van der Waals surface area contributed by atoms with Crippen molar-refractivity contribution in [3.8, 4) is 0 Å². The van der Waals surface area contributed by atoms with Crippen molar-refractivity contribution in [1.29, 1.82) is 0 Å². The molecule has 7 heterocycles. The molecule has 6 aliphatic rings. The number of nitrogens with zero attached hydrogens (tertiary/aromatic N) is 1. The number of pyridine rings is 1. The summed E-state index contributed by atoms with van der Waals surface area (Å²) in [5, 5.41) is 229. The number of carbonyl (C=O) groups is 3. The second-order valence-corrected chi connectivity index (χ2v) is 23.0. The van der Waals surface area contributed by atoms with Gasteiger partial charge in [-0.3, -0.25) is 14.4 Å². The van der Waals surface area contributed by atoms with E-state index >= 15 is 0 Å². The number of anilines is 1. The lowest BCUT2D eigenvalue weighted by Gasteiger charge is -2.51. The summed E-state index contributed by atoms with van der Waals surface area (Å²) >= 11 is 0. The van der Waals surface area contributed by atoms with Crippen LogP contribution in [0.3, 0.4) is 0 Å². The van der Waals surface area contributed by atoms with Gasteiger partial charge in [-0.2, -0.15) is 0 Å². The topological polar surface area (TPSA) is 628 Å². The number of amides is 3. The van der Waals surface area contributed by atoms with Crippen molar-refractivity contribution in [2.24, 2.45) is 0 Å². The van der Waals surface area contributed by atoms with Crippen LogP contribution in [0.4, 0.5) is 5.82 Å². The molecule has 93 heavy (non-hydrogen) atoms. The fraction of sp³-hybridized carbons (Fsp3) is 0.849. The standard InChI is InChI=1S/C53H87N5O35/c1-16(65)56-19(8-55-27-6-4-5-7-54-27)30(69)43(20(68)9-59)89-48-28(57-17(2)66)35(74)45(25(14-64)86-48)91-52-42(81)46(34(73)26(88-52)15-82-50-40(79)37(76)31(70)21(10-60)83-50)92-53-47(39(78)33(72)23(12-62)85-53)93-49-29(58-18(3)67)36(75)44(24(13-63)87-49)90-51-41(80)38(77)32(71)22(11-61)84-51/h4-7,19-26,28-53,59-64,68-81H,8-15H2,1-3H3,(H,54,55)(H,56,65)(H,57,66)(H,58,67)/t19-,20+,21+,22+,23+,24+,25+,26+,28+,29+,30+,31+,32-,33+,34+,35+,36+,37-,38-,39-,40-,41+,42-,43+,44+,45+,46-,47-,48-,49-,50-,51-,52-,53+/m0/s1. The Bertz CT molecular complexity index is 2460. The third-order valence-corrected chi connectivity index (χ3v) is 16.4. The molecule has 6 saturated heterocycles. The summed E-state index contributed by atoms with van der Waals surface area (Å²) in [4.78, 5) is 42.2. The Morgan fingerprint density at radius 3 is 1.43 bits per heavy atom. The van der Waals surface area contributed by atoms with E-state index in [0.717, 1.165) is 20.8 Å². The Hall–Kier alpha value is -3.92. The molecule has 534 valence electrons. The molecule has 1 aromatic heterocycles. The van der Waals surface area contributed by atoms with Gasteiger partial charge in [0, 0.05) is 33.5 Å². The van der Waals surface area contributed by atoms with Crippen molar-refractivity contribution in [3.05, 3.63) is 24.4 Å². The van der Waals surface area contributed by atoms with Crippen molar-refractivity contribution >= 4 is 23.5 Å². The second-order valence-electron chi connectivity index (χ2n) is 23.0. The molecular formula is C53H87N5O35. The Morgan fingerprint density at radius 1 is 0.473 bits per heavy atom. The van der Waals surface area contributed by atoms with E-state index in [1.54, 1.807) is 18.2 Å². The molecule has 0 saturated carbocycles. The molecule has 6 aliphatic heterocycles. The molecule has 40 heteroatoms. The number of aliphatic hydroxyl groups excluding tert-OH is 20. The Balaban J connectivity index is 1.20. The number of nitrogens with one attached hydrogen (secondary N) is 4. The monoisotopic (exact) mass is 1350 g/mol. The van der Waals surface area contributed by atoms with Gasteiger partial charge in [-0.25, -0.2) is 4.98 Å². The first-order valence-electron chi connectivity index (χ1n) is 29.6. The smallest absolute Gasteiger partial charge is 0.217 e. The van der Waals surface area contributed by atoms with Crippen LogP contribution in [0.5, 0.6) is 0 Å². The highest BCUT2D eigenvalue weighted by Gasteiger charge is 2.59. The number of rotatable bonds is 28. The van der Waals surface area contributed by atoms with E-state index in [1.165, 1.54) is 6.20 Å². The van der Waals surface area contributed by atoms with Gasteiger partial charge in [-0.15, -0.1) is 0 Å². The lowest BCUT2D eigenvalue weighted by molar-refractivity contribution is -0.396. The Labute approximate surface area is 528 Å². The zero-order valence-corrected chi connectivity index (χ0v) is 50.1. The molecule has 6 fully saturated rings. The Morgan fingerprint density at radius 2 is 0.925 bits per heavy atom. The number of aliphatic hydroxyl groups is 20. The van der Waals surface area contributed by atoms with E-state index in [-0.39, 0.29) is 12.4 Å². The normalized spacial score (nSPS) is 42.9. The maximum Gasteiger partial charge on any atom is 0.217 e. The zero-order chi connectivity index (χ0) is 68.4. The van der Waals surface area contributed by atoms with E-state index in [0.29, 0.717) is 0 Å². The van der Waals surface area contributed by atoms with Gasteiger partial charge >= 0.3 is 0 Å². The summed E-state index contributed by atoms with van der Waals surface area (Å²) in [7, 11) is 0. The molecule has 0 unspecified atom stereocenters. The average Bonchev–Trinajstić information content (AvgIpc) is 0.785. The highest BCUT2D eigenvalue weighted by atomic mass is 16.8. The van der Waals surface area contributed by atoms with Gasteiger partial charge in [0.2, 0.25) is 17.7 Å². The lowest BCUT2D eigenvalue weighted by atomic mass is 9.94. The SMILES string of the molecule is CC(=O)N[C@H]1[C@H](O[C@@H]([C@H](O)[C@H](CNc2ccccn2)NC(C)=O)[C@H](O)CO)O[C@H](CO)[C@@H](O[C@@H]2O[C@H](CO[C@H]3O[C@H](CO)[C@@H](O)[C@H](O)[C@@H]3O)[C@@H](O)[C@H](O[C@H]3O[C@H](CO)[C@@H](O)[C@H](O)[C@@H]3O[C@@H]3O[C@H](CO)[C@@H](O[C@@H]4O[C@H](CO)[C@H](O)[C@H](O)[C@H]4O)[C@H](O)[C@H]3NC(C)=O)[C@@H]2O)[C@@H]1O. The molecule has 3 amide bonds. The molecular weight excluding hydrogens is 1270 g/mol. The number of hydrogen-bond donors (Lipinski definition) is 24. The van der Waals surface area contributed by atoms with Crippen molar-refractivity contribution in [3.63, 3.8) is 0 Å². The fourth-order valence-electron chi connectivity index (χ4n) is 11.4. The third kappa shape index (κ3) is 18.1. The highest BCUT2D eigenvalue weighted by molar-refractivity contribution is 5.74. The predicted octanol–water partition coefficient (Wildman–Crippen LogP) is -14.7. The molecule has 34 atom stereocenters. The molecule has 7 rings (SSSR count). The quantitative estimate of drug-likeness (QED) is 0.0370. The molecule has 1 aromatic rings. The lowest BCUT2D eigenvalue weighted by Crippen LogP contribution is -2.70. The van der Waals surface area contributed by atoms with Crippen LogP contribution in [-0.2, 0) is 71.2 Å². The van der Waals surface area contributed by atoms with E-state index in [9.17, 15) is 117 Å². The van der Waals surface area contributed by atoms with Gasteiger partial charge in [0.05, 0.1) is 52.3 Å². The first-order valence-corrected chi connectivity index (χ1v) is 29.6. The molecule has 0 spiro atoms. The van der Waals surface area contributed by atoms with Gasteiger partial charge in [0.15, 0.2) is 37.7 Å². The molecule has 0 radical (unpaired) electrons. The minimum absolute atomic E-state index is 0.282. The van der Waals surface area contributed by atoms with Gasteiger partial charge < -0.3 is 180 Å². The Kier molecular flexibility index (Phi) is 28.4. The molecule has 0 bridgehead atoms. The molecule has 40 nitrogen and oxygen atoms in total.